The molecule has 0 aromatic heterocycles. The Kier molecular flexibility index (Phi) is 4.39. The second-order valence-corrected chi connectivity index (χ2v) is 4.44. The van der Waals surface area contributed by atoms with Gasteiger partial charge in [-0.05, 0) is 30.3 Å². The molecule has 23 heavy (non-hydrogen) atoms. The number of nitrogens with zero attached hydrogens (tertiary/aromatic N) is 1. The van der Waals surface area contributed by atoms with Crippen LogP contribution < -0.4 is 10.4 Å². The Morgan fingerprint density at radius 2 is 1.43 bits per heavy atom. The van der Waals surface area contributed by atoms with E-state index >= 15 is 0 Å². The van der Waals surface area contributed by atoms with Crippen molar-refractivity contribution in [3.63, 3.8) is 0 Å². The summed E-state index contributed by atoms with van der Waals surface area (Å²) in [4.78, 5) is 0. The maximum absolute atomic E-state index is 13.6. The number of alkyl halides is 6. The fourth-order valence-corrected chi connectivity index (χ4v) is 1.76. The third-order valence-electron chi connectivity index (χ3n) is 2.79. The molecule has 2 rings (SSSR count). The van der Waals surface area contributed by atoms with E-state index in [0.717, 1.165) is 12.1 Å². The van der Waals surface area contributed by atoms with E-state index < -0.39 is 35.2 Å². The molecule has 0 heterocycles. The van der Waals surface area contributed by atoms with E-state index in [1.54, 1.807) is 5.43 Å². The van der Waals surface area contributed by atoms with Crippen LogP contribution in [0.15, 0.2) is 48.5 Å². The first-order chi connectivity index (χ1) is 10.6. The normalized spacial score (nSPS) is 12.1. The van der Waals surface area contributed by atoms with Gasteiger partial charge < -0.3 is 0 Å². The molecule has 0 radical (unpaired) electrons. The van der Waals surface area contributed by atoms with Crippen LogP contribution in [0.1, 0.15) is 5.56 Å². The van der Waals surface area contributed by atoms with Crippen LogP contribution in [0.4, 0.5) is 42.1 Å². The predicted molar refractivity (Wildman–Crippen MR) is 70.0 cm³/mol. The van der Waals surface area contributed by atoms with Crippen molar-refractivity contribution in [1.82, 2.24) is 0 Å². The van der Waals surface area contributed by atoms with Gasteiger partial charge in [-0.1, -0.05) is 18.2 Å². The number of para-hydroxylation sites is 1. The molecule has 1 N–H and O–H groups in total. The Bertz CT molecular complexity index is 665. The van der Waals surface area contributed by atoms with Crippen molar-refractivity contribution >= 4 is 11.4 Å². The lowest BCUT2D eigenvalue weighted by molar-refractivity contribution is -0.137. The number of nitrogens with one attached hydrogen (secondary N) is 1. The summed E-state index contributed by atoms with van der Waals surface area (Å²) in [5, 5.41) is -0.369. The quantitative estimate of drug-likeness (QED) is 0.470. The van der Waals surface area contributed by atoms with Crippen molar-refractivity contribution in [3.05, 3.63) is 59.9 Å². The zero-order valence-corrected chi connectivity index (χ0v) is 11.2. The fraction of sp³-hybridized carbons (Fsp3) is 0.143. The second-order valence-electron chi connectivity index (χ2n) is 4.44. The van der Waals surface area contributed by atoms with E-state index in [2.05, 4.69) is 0 Å². The van der Waals surface area contributed by atoms with Gasteiger partial charge in [0.15, 0.2) is 0 Å². The Morgan fingerprint density at radius 1 is 0.826 bits per heavy atom. The number of hydrogen-bond acceptors (Lipinski definition) is 2. The van der Waals surface area contributed by atoms with Gasteiger partial charge in [0.05, 0.1) is 16.9 Å². The fourth-order valence-electron chi connectivity index (χ4n) is 1.76. The molecule has 0 bridgehead atoms. The molecule has 124 valence electrons. The van der Waals surface area contributed by atoms with Crippen LogP contribution in [-0.4, -0.2) is 6.30 Å². The van der Waals surface area contributed by atoms with Gasteiger partial charge in [-0.15, -0.1) is 13.2 Å². The Morgan fingerprint density at radius 3 is 1.96 bits per heavy atom. The maximum Gasteiger partial charge on any atom is 0.503 e. The highest BCUT2D eigenvalue weighted by Gasteiger charge is 2.39. The van der Waals surface area contributed by atoms with Crippen molar-refractivity contribution in [1.29, 1.82) is 0 Å². The molecule has 0 fully saturated rings. The molecule has 0 spiro atoms. The number of hydrazine groups is 1. The lowest BCUT2D eigenvalue weighted by atomic mass is 10.2. The summed E-state index contributed by atoms with van der Waals surface area (Å²) >= 11 is 0. The minimum Gasteiger partial charge on any atom is -0.288 e. The smallest absolute Gasteiger partial charge is 0.288 e. The van der Waals surface area contributed by atoms with Crippen LogP contribution in [-0.2, 0) is 6.18 Å². The number of hydrogen-bond donors (Lipinski definition) is 1. The zero-order chi connectivity index (χ0) is 17.3. The minimum absolute atomic E-state index is 0.275. The van der Waals surface area contributed by atoms with E-state index in [9.17, 15) is 30.7 Å². The molecule has 0 aliphatic carbocycles. The van der Waals surface area contributed by atoms with E-state index in [-0.39, 0.29) is 11.1 Å². The Labute approximate surface area is 126 Å². The number of halogens is 7. The van der Waals surface area contributed by atoms with Gasteiger partial charge in [0, 0.05) is 0 Å². The lowest BCUT2D eigenvalue weighted by Gasteiger charge is -2.28. The first-order valence-electron chi connectivity index (χ1n) is 6.14. The highest BCUT2D eigenvalue weighted by atomic mass is 19.4. The number of rotatable bonds is 3. The predicted octanol–water partition coefficient (Wildman–Crippen LogP) is 5.20. The van der Waals surface area contributed by atoms with Gasteiger partial charge in [-0.25, -0.2) is 4.39 Å². The Hall–Kier alpha value is -2.45. The SMILES string of the molecule is Fc1ccc(C(F)(F)F)cc1NN(c1ccccc1)C(F)(F)F. The molecule has 2 aromatic rings. The van der Waals surface area contributed by atoms with Crippen molar-refractivity contribution in [3.8, 4) is 0 Å². The molecular formula is C14H9F7N2. The molecule has 9 heteroatoms. The summed E-state index contributed by atoms with van der Waals surface area (Å²) < 4.78 is 90.7. The van der Waals surface area contributed by atoms with Crippen molar-refractivity contribution in [2.75, 3.05) is 10.4 Å². The van der Waals surface area contributed by atoms with Crippen molar-refractivity contribution in [2.24, 2.45) is 0 Å². The van der Waals surface area contributed by atoms with Gasteiger partial charge in [0.2, 0.25) is 0 Å². The first-order valence-corrected chi connectivity index (χ1v) is 6.14. The molecule has 0 unspecified atom stereocenters. The highest BCUT2D eigenvalue weighted by Crippen LogP contribution is 2.34. The summed E-state index contributed by atoms with van der Waals surface area (Å²) in [5.74, 6) is -1.25. The van der Waals surface area contributed by atoms with Crippen molar-refractivity contribution < 1.29 is 30.7 Å². The molecular weight excluding hydrogens is 329 g/mol. The van der Waals surface area contributed by atoms with Gasteiger partial charge in [-0.2, -0.15) is 18.2 Å². The zero-order valence-electron chi connectivity index (χ0n) is 11.2. The third kappa shape index (κ3) is 4.05. The average Bonchev–Trinajstić information content (AvgIpc) is 2.44. The van der Waals surface area contributed by atoms with Gasteiger partial charge in [0.25, 0.3) is 0 Å². The first kappa shape index (κ1) is 16.9. The van der Waals surface area contributed by atoms with E-state index in [1.807, 2.05) is 0 Å². The lowest BCUT2D eigenvalue weighted by Crippen LogP contribution is -2.43. The van der Waals surface area contributed by atoms with E-state index in [1.165, 1.54) is 18.2 Å². The molecule has 0 atom stereocenters. The molecule has 0 aliphatic heterocycles. The van der Waals surface area contributed by atoms with Crippen LogP contribution in [0.2, 0.25) is 0 Å². The molecule has 0 aliphatic rings. The van der Waals surface area contributed by atoms with Crippen LogP contribution in [0.25, 0.3) is 0 Å². The van der Waals surface area contributed by atoms with E-state index in [0.29, 0.717) is 12.1 Å². The molecule has 0 saturated carbocycles. The van der Waals surface area contributed by atoms with Gasteiger partial charge in [0.1, 0.15) is 5.82 Å². The average molecular weight is 338 g/mol. The summed E-state index contributed by atoms with van der Waals surface area (Å²) in [6, 6.07) is 7.39. The molecule has 0 amide bonds. The van der Waals surface area contributed by atoms with Crippen LogP contribution in [0, 0.1) is 5.82 Å². The van der Waals surface area contributed by atoms with Crippen molar-refractivity contribution in [2.45, 2.75) is 12.5 Å². The van der Waals surface area contributed by atoms with E-state index in [4.69, 9.17) is 0 Å². The monoisotopic (exact) mass is 338 g/mol. The minimum atomic E-state index is -4.98. The molecule has 2 aromatic carbocycles. The number of benzene rings is 2. The highest BCUT2D eigenvalue weighted by molar-refractivity contribution is 5.57. The summed E-state index contributed by atoms with van der Waals surface area (Å²) in [7, 11) is 0. The Balaban J connectivity index is 2.41. The third-order valence-corrected chi connectivity index (χ3v) is 2.79. The van der Waals surface area contributed by atoms with Gasteiger partial charge in [-0.3, -0.25) is 5.43 Å². The van der Waals surface area contributed by atoms with Gasteiger partial charge >= 0.3 is 12.5 Å². The standard InChI is InChI=1S/C14H9F7N2/c15-11-7-6-9(13(16,17)18)8-12(11)22-23(14(19,20)21)10-4-2-1-3-5-10/h1-8,22H. The summed E-state index contributed by atoms with van der Waals surface area (Å²) in [6.45, 7) is 0. The van der Waals surface area contributed by atoms with Crippen LogP contribution >= 0.6 is 0 Å². The molecule has 2 nitrogen and oxygen atoms in total. The topological polar surface area (TPSA) is 15.3 Å². The number of anilines is 2. The summed E-state index contributed by atoms with van der Waals surface area (Å²) in [5.41, 5.74) is -0.967. The second kappa shape index (κ2) is 5.98. The summed E-state index contributed by atoms with van der Waals surface area (Å²) in [6.07, 6.45) is -9.79. The largest absolute Gasteiger partial charge is 0.503 e. The van der Waals surface area contributed by atoms with Crippen LogP contribution in [0.5, 0.6) is 0 Å². The van der Waals surface area contributed by atoms with Crippen LogP contribution in [0.3, 0.4) is 0 Å². The molecule has 0 saturated heterocycles. The maximum atomic E-state index is 13.6.